The minimum atomic E-state index is -0.375. The molecule has 0 spiro atoms. The molecule has 0 saturated carbocycles. The number of urea groups is 1. The fourth-order valence-corrected chi connectivity index (χ4v) is 2.68. The highest BCUT2D eigenvalue weighted by molar-refractivity contribution is 5.83. The highest BCUT2D eigenvalue weighted by Crippen LogP contribution is 2.30. The van der Waals surface area contributed by atoms with Gasteiger partial charge in [0, 0.05) is 20.1 Å². The van der Waals surface area contributed by atoms with E-state index < -0.39 is 0 Å². The molecule has 3 rings (SSSR count). The summed E-state index contributed by atoms with van der Waals surface area (Å²) in [5.41, 5.74) is 1.93. The quantitative estimate of drug-likeness (QED) is 0.815. The van der Waals surface area contributed by atoms with Gasteiger partial charge in [-0.15, -0.1) is 0 Å². The molecule has 0 radical (unpaired) electrons. The number of rotatable bonds is 6. The van der Waals surface area contributed by atoms with Gasteiger partial charge in [0.1, 0.15) is 13.2 Å². The van der Waals surface area contributed by atoms with Gasteiger partial charge in [-0.25, -0.2) is 4.79 Å². The Kier molecular flexibility index (Phi) is 6.14. The Hall–Kier alpha value is -3.22. The molecule has 7 nitrogen and oxygen atoms in total. The van der Waals surface area contributed by atoms with Gasteiger partial charge in [0.2, 0.25) is 5.91 Å². The van der Waals surface area contributed by atoms with Gasteiger partial charge in [0.25, 0.3) is 0 Å². The summed E-state index contributed by atoms with van der Waals surface area (Å²) in [6.07, 6.45) is 0. The van der Waals surface area contributed by atoms with Crippen LogP contribution in [0, 0.1) is 0 Å². The molecule has 1 heterocycles. The van der Waals surface area contributed by atoms with Crippen LogP contribution >= 0.6 is 0 Å². The Labute approximate surface area is 158 Å². The monoisotopic (exact) mass is 369 g/mol. The molecule has 142 valence electrons. The number of fused-ring (bicyclic) bond motifs is 1. The maximum absolute atomic E-state index is 12.2. The summed E-state index contributed by atoms with van der Waals surface area (Å²) in [6.45, 7) is 1.83. The molecule has 1 aliphatic rings. The van der Waals surface area contributed by atoms with Crippen molar-refractivity contribution in [2.75, 3.05) is 26.8 Å². The smallest absolute Gasteiger partial charge is 0.315 e. The number of carbonyl (C=O) groups excluding carboxylic acids is 2. The summed E-state index contributed by atoms with van der Waals surface area (Å²) in [6, 6.07) is 14.8. The second-order valence-electron chi connectivity index (χ2n) is 6.25. The first kappa shape index (κ1) is 18.6. The molecule has 0 saturated heterocycles. The van der Waals surface area contributed by atoms with Crippen LogP contribution in [0.5, 0.6) is 11.5 Å². The molecule has 27 heavy (non-hydrogen) atoms. The van der Waals surface area contributed by atoms with E-state index in [0.717, 1.165) is 16.9 Å². The van der Waals surface area contributed by atoms with Crippen LogP contribution in [0.4, 0.5) is 4.79 Å². The van der Waals surface area contributed by atoms with Crippen molar-refractivity contribution < 1.29 is 19.1 Å². The number of nitrogens with one attached hydrogen (secondary N) is 2. The van der Waals surface area contributed by atoms with Crippen molar-refractivity contribution in [2.45, 2.75) is 13.1 Å². The highest BCUT2D eigenvalue weighted by Gasteiger charge is 2.15. The first-order valence-corrected chi connectivity index (χ1v) is 8.80. The molecule has 0 aromatic heterocycles. The zero-order valence-electron chi connectivity index (χ0n) is 15.2. The predicted octanol–water partition coefficient (Wildman–Crippen LogP) is 1.92. The lowest BCUT2D eigenvalue weighted by molar-refractivity contribution is -0.129. The molecule has 7 heteroatoms. The lowest BCUT2D eigenvalue weighted by Gasteiger charge is -2.21. The van der Waals surface area contributed by atoms with E-state index in [0.29, 0.717) is 32.1 Å². The van der Waals surface area contributed by atoms with Crippen LogP contribution in [0.3, 0.4) is 0 Å². The molecule has 2 aromatic rings. The Balaban J connectivity index is 1.43. The summed E-state index contributed by atoms with van der Waals surface area (Å²) >= 11 is 0. The molecular formula is C20H23N3O4. The third kappa shape index (κ3) is 5.37. The Morgan fingerprint density at radius 3 is 2.48 bits per heavy atom. The van der Waals surface area contributed by atoms with Crippen molar-refractivity contribution in [1.82, 2.24) is 15.5 Å². The summed E-state index contributed by atoms with van der Waals surface area (Å²) in [5.74, 6) is 1.23. The summed E-state index contributed by atoms with van der Waals surface area (Å²) in [4.78, 5) is 25.6. The Morgan fingerprint density at radius 2 is 1.70 bits per heavy atom. The second kappa shape index (κ2) is 8.93. The number of hydrogen-bond acceptors (Lipinski definition) is 4. The number of nitrogens with zero attached hydrogens (tertiary/aromatic N) is 1. The summed E-state index contributed by atoms with van der Waals surface area (Å²) in [7, 11) is 1.70. The number of ether oxygens (including phenoxy) is 2. The van der Waals surface area contributed by atoms with Gasteiger partial charge in [0.05, 0.1) is 6.54 Å². The second-order valence-corrected chi connectivity index (χ2v) is 6.25. The largest absolute Gasteiger partial charge is 0.486 e. The van der Waals surface area contributed by atoms with Crippen LogP contribution in [0.25, 0.3) is 0 Å². The lowest BCUT2D eigenvalue weighted by atomic mass is 10.2. The minimum Gasteiger partial charge on any atom is -0.486 e. The van der Waals surface area contributed by atoms with E-state index in [4.69, 9.17) is 9.47 Å². The molecule has 0 bridgehead atoms. The van der Waals surface area contributed by atoms with Gasteiger partial charge in [-0.1, -0.05) is 36.4 Å². The van der Waals surface area contributed by atoms with Gasteiger partial charge in [0.15, 0.2) is 11.5 Å². The molecular weight excluding hydrogens is 346 g/mol. The normalized spacial score (nSPS) is 12.2. The number of amides is 3. The maximum Gasteiger partial charge on any atom is 0.315 e. The van der Waals surface area contributed by atoms with E-state index >= 15 is 0 Å². The summed E-state index contributed by atoms with van der Waals surface area (Å²) < 4.78 is 11.0. The van der Waals surface area contributed by atoms with E-state index in [9.17, 15) is 9.59 Å². The van der Waals surface area contributed by atoms with Crippen molar-refractivity contribution in [3.05, 3.63) is 59.7 Å². The molecule has 0 fully saturated rings. The van der Waals surface area contributed by atoms with Crippen LogP contribution in [0.15, 0.2) is 48.5 Å². The lowest BCUT2D eigenvalue weighted by Crippen LogP contribution is -2.42. The minimum absolute atomic E-state index is 0.0678. The van der Waals surface area contributed by atoms with Crippen molar-refractivity contribution in [3.8, 4) is 11.5 Å². The number of likely N-dealkylation sites (N-methyl/N-ethyl adjacent to an activating group) is 1. The first-order chi connectivity index (χ1) is 13.1. The van der Waals surface area contributed by atoms with Crippen LogP contribution in [0.1, 0.15) is 11.1 Å². The van der Waals surface area contributed by atoms with Crippen LogP contribution in [-0.4, -0.2) is 43.6 Å². The average molecular weight is 369 g/mol. The van der Waals surface area contributed by atoms with Gasteiger partial charge < -0.3 is 25.0 Å². The third-order valence-corrected chi connectivity index (χ3v) is 4.15. The van der Waals surface area contributed by atoms with Crippen molar-refractivity contribution >= 4 is 11.9 Å². The molecule has 1 aliphatic heterocycles. The Bertz CT molecular complexity index is 795. The molecule has 0 atom stereocenters. The maximum atomic E-state index is 12.2. The van der Waals surface area contributed by atoms with E-state index in [-0.39, 0.29) is 18.5 Å². The topological polar surface area (TPSA) is 79.9 Å². The van der Waals surface area contributed by atoms with E-state index in [1.54, 1.807) is 11.9 Å². The number of carbonyl (C=O) groups is 2. The molecule has 3 amide bonds. The van der Waals surface area contributed by atoms with Gasteiger partial charge in [-0.3, -0.25) is 4.79 Å². The van der Waals surface area contributed by atoms with Gasteiger partial charge in [-0.2, -0.15) is 0 Å². The van der Waals surface area contributed by atoms with E-state index in [1.165, 1.54) is 0 Å². The molecule has 0 unspecified atom stereocenters. The summed E-state index contributed by atoms with van der Waals surface area (Å²) in [5, 5.41) is 5.31. The molecule has 2 N–H and O–H groups in total. The van der Waals surface area contributed by atoms with Crippen molar-refractivity contribution in [1.29, 1.82) is 0 Å². The van der Waals surface area contributed by atoms with Crippen LogP contribution in [0.2, 0.25) is 0 Å². The Morgan fingerprint density at radius 1 is 0.963 bits per heavy atom. The van der Waals surface area contributed by atoms with E-state index in [2.05, 4.69) is 10.6 Å². The van der Waals surface area contributed by atoms with Crippen molar-refractivity contribution in [3.63, 3.8) is 0 Å². The zero-order valence-corrected chi connectivity index (χ0v) is 15.2. The highest BCUT2D eigenvalue weighted by atomic mass is 16.6. The van der Waals surface area contributed by atoms with Crippen LogP contribution in [-0.2, 0) is 17.9 Å². The van der Waals surface area contributed by atoms with Crippen LogP contribution < -0.4 is 20.1 Å². The number of hydrogen-bond donors (Lipinski definition) is 2. The SMILES string of the molecule is CN(Cc1ccc2c(c1)OCCO2)C(=O)CNC(=O)NCc1ccccc1. The third-order valence-electron chi connectivity index (χ3n) is 4.15. The number of benzene rings is 2. The average Bonchev–Trinajstić information content (AvgIpc) is 2.71. The van der Waals surface area contributed by atoms with Gasteiger partial charge in [-0.05, 0) is 23.3 Å². The van der Waals surface area contributed by atoms with Crippen molar-refractivity contribution in [2.24, 2.45) is 0 Å². The fraction of sp³-hybridized carbons (Fsp3) is 0.300. The fourth-order valence-electron chi connectivity index (χ4n) is 2.68. The molecule has 2 aromatic carbocycles. The standard InChI is InChI=1S/C20H23N3O4/c1-23(14-16-7-8-17-18(11-16)27-10-9-26-17)19(24)13-22-20(25)21-12-15-5-3-2-4-6-15/h2-8,11H,9-10,12-14H2,1H3,(H2,21,22,25). The zero-order chi connectivity index (χ0) is 19.1. The molecule has 0 aliphatic carbocycles. The van der Waals surface area contributed by atoms with Gasteiger partial charge >= 0.3 is 6.03 Å². The first-order valence-electron chi connectivity index (χ1n) is 8.80. The van der Waals surface area contributed by atoms with E-state index in [1.807, 2.05) is 48.5 Å². The predicted molar refractivity (Wildman–Crippen MR) is 101 cm³/mol.